The second-order valence-corrected chi connectivity index (χ2v) is 4.53. The molecule has 1 aromatic carbocycles. The fraction of sp³-hybridized carbons (Fsp3) is 0.462. The van der Waals surface area contributed by atoms with Crippen molar-refractivity contribution in [1.29, 1.82) is 0 Å². The largest absolute Gasteiger partial charge is 0.497 e. The molecule has 2 aliphatic rings. The number of rotatable bonds is 1. The van der Waals surface area contributed by atoms with Gasteiger partial charge in [-0.2, -0.15) is 0 Å². The molecule has 2 unspecified atom stereocenters. The number of hydrogen-bond donors (Lipinski definition) is 1. The van der Waals surface area contributed by atoms with E-state index in [4.69, 9.17) is 9.47 Å². The number of nitrogens with one attached hydrogen (secondary N) is 1. The third-order valence-corrected chi connectivity index (χ3v) is 3.52. The Morgan fingerprint density at radius 3 is 3.18 bits per heavy atom. The van der Waals surface area contributed by atoms with Crippen LogP contribution in [0.1, 0.15) is 30.1 Å². The highest BCUT2D eigenvalue weighted by atomic mass is 16.6. The number of benzene rings is 1. The van der Waals surface area contributed by atoms with E-state index in [0.29, 0.717) is 0 Å². The number of carbonyl (C=O) groups excluding carboxylic acids is 1. The van der Waals surface area contributed by atoms with E-state index in [1.165, 1.54) is 5.56 Å². The van der Waals surface area contributed by atoms with Gasteiger partial charge in [-0.3, -0.25) is 0 Å². The van der Waals surface area contributed by atoms with Gasteiger partial charge in [0.25, 0.3) is 0 Å². The molecule has 3 rings (SSSR count). The molecule has 1 aromatic rings. The minimum absolute atomic E-state index is 0.122. The SMILES string of the molecule is COc1ccc2c(c1)CCCC1NC(=O)OC21. The highest BCUT2D eigenvalue weighted by Crippen LogP contribution is 2.36. The van der Waals surface area contributed by atoms with Crippen molar-refractivity contribution >= 4 is 6.09 Å². The lowest BCUT2D eigenvalue weighted by Crippen LogP contribution is -2.26. The van der Waals surface area contributed by atoms with Crippen LogP contribution in [0.15, 0.2) is 18.2 Å². The number of carbonyl (C=O) groups is 1. The summed E-state index contributed by atoms with van der Waals surface area (Å²) in [6, 6.07) is 6.10. The van der Waals surface area contributed by atoms with Crippen molar-refractivity contribution in [3.63, 3.8) is 0 Å². The smallest absolute Gasteiger partial charge is 0.408 e. The maximum absolute atomic E-state index is 11.3. The minimum atomic E-state index is -0.302. The molecule has 1 N–H and O–H groups in total. The molecule has 1 aliphatic carbocycles. The maximum Gasteiger partial charge on any atom is 0.408 e. The van der Waals surface area contributed by atoms with Gasteiger partial charge in [0, 0.05) is 0 Å². The van der Waals surface area contributed by atoms with Crippen LogP contribution in [0.3, 0.4) is 0 Å². The molecule has 0 aromatic heterocycles. The van der Waals surface area contributed by atoms with Gasteiger partial charge in [0.15, 0.2) is 0 Å². The van der Waals surface area contributed by atoms with Crippen molar-refractivity contribution in [2.24, 2.45) is 0 Å². The van der Waals surface area contributed by atoms with E-state index < -0.39 is 0 Å². The van der Waals surface area contributed by atoms with E-state index in [0.717, 1.165) is 30.6 Å². The Kier molecular flexibility index (Phi) is 2.42. The van der Waals surface area contributed by atoms with Crippen LogP contribution in [-0.4, -0.2) is 19.2 Å². The molecule has 1 fully saturated rings. The van der Waals surface area contributed by atoms with E-state index in [-0.39, 0.29) is 18.2 Å². The van der Waals surface area contributed by atoms with Crippen LogP contribution in [-0.2, 0) is 11.2 Å². The molecule has 0 saturated carbocycles. The molecular weight excluding hydrogens is 218 g/mol. The first-order valence-corrected chi connectivity index (χ1v) is 5.92. The van der Waals surface area contributed by atoms with Crippen molar-refractivity contribution in [3.05, 3.63) is 29.3 Å². The zero-order chi connectivity index (χ0) is 11.8. The Labute approximate surface area is 99.9 Å². The fourth-order valence-electron chi connectivity index (χ4n) is 2.68. The van der Waals surface area contributed by atoms with Gasteiger partial charge in [-0.15, -0.1) is 0 Å². The van der Waals surface area contributed by atoms with Crippen molar-refractivity contribution in [1.82, 2.24) is 5.32 Å². The van der Waals surface area contributed by atoms with Gasteiger partial charge in [0.1, 0.15) is 11.9 Å². The molecule has 0 spiro atoms. The zero-order valence-electron chi connectivity index (χ0n) is 9.73. The number of aryl methyl sites for hydroxylation is 1. The number of ether oxygens (including phenoxy) is 2. The number of methoxy groups -OCH3 is 1. The number of amides is 1. The first-order valence-electron chi connectivity index (χ1n) is 5.92. The second-order valence-electron chi connectivity index (χ2n) is 4.53. The molecule has 4 heteroatoms. The zero-order valence-corrected chi connectivity index (χ0v) is 9.73. The average Bonchev–Trinajstić information content (AvgIpc) is 2.62. The lowest BCUT2D eigenvalue weighted by Gasteiger charge is -2.16. The Morgan fingerprint density at radius 1 is 1.47 bits per heavy atom. The first kappa shape index (κ1) is 10.4. The Bertz CT molecular complexity index is 458. The quantitative estimate of drug-likeness (QED) is 0.808. The molecule has 1 amide bonds. The first-order chi connectivity index (χ1) is 8.28. The summed E-state index contributed by atoms with van der Waals surface area (Å²) >= 11 is 0. The predicted molar refractivity (Wildman–Crippen MR) is 62.1 cm³/mol. The third kappa shape index (κ3) is 1.73. The highest BCUT2D eigenvalue weighted by molar-refractivity contribution is 5.71. The van der Waals surface area contributed by atoms with Gasteiger partial charge in [-0.05, 0) is 42.5 Å². The molecule has 17 heavy (non-hydrogen) atoms. The normalized spacial score (nSPS) is 26.3. The third-order valence-electron chi connectivity index (χ3n) is 3.52. The topological polar surface area (TPSA) is 47.6 Å². The van der Waals surface area contributed by atoms with E-state index in [1.807, 2.05) is 18.2 Å². The van der Waals surface area contributed by atoms with Crippen molar-refractivity contribution in [2.75, 3.05) is 7.11 Å². The van der Waals surface area contributed by atoms with Gasteiger partial charge in [0.05, 0.1) is 13.2 Å². The molecule has 2 atom stereocenters. The maximum atomic E-state index is 11.3. The van der Waals surface area contributed by atoms with E-state index in [2.05, 4.69) is 5.32 Å². The van der Waals surface area contributed by atoms with Crippen LogP contribution >= 0.6 is 0 Å². The fourth-order valence-corrected chi connectivity index (χ4v) is 2.68. The lowest BCUT2D eigenvalue weighted by molar-refractivity contribution is 0.132. The van der Waals surface area contributed by atoms with Crippen LogP contribution in [0.25, 0.3) is 0 Å². The molecular formula is C13H15NO3. The summed E-state index contributed by atoms with van der Waals surface area (Å²) in [7, 11) is 1.67. The van der Waals surface area contributed by atoms with Crippen LogP contribution in [0, 0.1) is 0 Å². The van der Waals surface area contributed by atoms with E-state index in [1.54, 1.807) is 7.11 Å². The summed E-state index contributed by atoms with van der Waals surface area (Å²) in [6.07, 6.45) is 2.60. The summed E-state index contributed by atoms with van der Waals surface area (Å²) in [5, 5.41) is 2.87. The molecule has 4 nitrogen and oxygen atoms in total. The van der Waals surface area contributed by atoms with E-state index >= 15 is 0 Å². The Hall–Kier alpha value is -1.71. The average molecular weight is 233 g/mol. The summed E-state index contributed by atoms with van der Waals surface area (Å²) in [5.41, 5.74) is 2.35. The number of alkyl carbamates (subject to hydrolysis) is 1. The van der Waals surface area contributed by atoms with Crippen LogP contribution in [0.2, 0.25) is 0 Å². The summed E-state index contributed by atoms with van der Waals surface area (Å²) in [4.78, 5) is 11.3. The monoisotopic (exact) mass is 233 g/mol. The molecule has 0 bridgehead atoms. The van der Waals surface area contributed by atoms with Crippen molar-refractivity contribution in [3.8, 4) is 5.75 Å². The van der Waals surface area contributed by atoms with Crippen molar-refractivity contribution in [2.45, 2.75) is 31.4 Å². The lowest BCUT2D eigenvalue weighted by atomic mass is 9.99. The minimum Gasteiger partial charge on any atom is -0.497 e. The Morgan fingerprint density at radius 2 is 2.35 bits per heavy atom. The van der Waals surface area contributed by atoms with Gasteiger partial charge >= 0.3 is 6.09 Å². The summed E-state index contributed by atoms with van der Waals surface area (Å²) in [6.45, 7) is 0. The predicted octanol–water partition coefficient (Wildman–Crippen LogP) is 2.18. The Balaban J connectivity index is 2.01. The molecule has 1 heterocycles. The summed E-state index contributed by atoms with van der Waals surface area (Å²) in [5.74, 6) is 0.861. The second kappa shape index (κ2) is 3.95. The van der Waals surface area contributed by atoms with Gasteiger partial charge in [-0.25, -0.2) is 4.79 Å². The standard InChI is InChI=1S/C13H15NO3/c1-16-9-5-6-10-8(7-9)3-2-4-11-12(10)17-13(15)14-11/h5-7,11-12H,2-4H2,1H3,(H,14,15). The molecule has 1 aliphatic heterocycles. The highest BCUT2D eigenvalue weighted by Gasteiger charge is 2.37. The molecule has 90 valence electrons. The van der Waals surface area contributed by atoms with Crippen LogP contribution < -0.4 is 10.1 Å². The molecule has 0 radical (unpaired) electrons. The summed E-state index contributed by atoms with van der Waals surface area (Å²) < 4.78 is 10.6. The van der Waals surface area contributed by atoms with E-state index in [9.17, 15) is 4.79 Å². The van der Waals surface area contributed by atoms with Gasteiger partial charge < -0.3 is 14.8 Å². The van der Waals surface area contributed by atoms with Gasteiger partial charge in [0.2, 0.25) is 0 Å². The van der Waals surface area contributed by atoms with Crippen LogP contribution in [0.4, 0.5) is 4.79 Å². The number of fused-ring (bicyclic) bond motifs is 3. The van der Waals surface area contributed by atoms with Crippen molar-refractivity contribution < 1.29 is 14.3 Å². The van der Waals surface area contributed by atoms with Crippen LogP contribution in [0.5, 0.6) is 5.75 Å². The van der Waals surface area contributed by atoms with Gasteiger partial charge in [-0.1, -0.05) is 6.07 Å². The molecule has 1 saturated heterocycles. The number of hydrogen-bond acceptors (Lipinski definition) is 3.